The summed E-state index contributed by atoms with van der Waals surface area (Å²) in [6.07, 6.45) is 0.675. The van der Waals surface area contributed by atoms with Crippen LogP contribution in [0, 0.1) is 5.92 Å². The van der Waals surface area contributed by atoms with Crippen LogP contribution < -0.4 is 21.7 Å². The van der Waals surface area contributed by atoms with E-state index in [9.17, 15) is 19.2 Å². The molecule has 4 amide bonds. The lowest BCUT2D eigenvalue weighted by Gasteiger charge is -2.22. The summed E-state index contributed by atoms with van der Waals surface area (Å²) in [6, 6.07) is -1.58. The summed E-state index contributed by atoms with van der Waals surface area (Å²) in [5.41, 5.74) is 5.30. The van der Waals surface area contributed by atoms with Crippen LogP contribution in [0.5, 0.6) is 0 Å². The Labute approximate surface area is 141 Å². The van der Waals surface area contributed by atoms with Crippen molar-refractivity contribution in [3.8, 4) is 0 Å². The Morgan fingerprint density at radius 1 is 1.04 bits per heavy atom. The first kappa shape index (κ1) is 21.7. The second kappa shape index (κ2) is 11.3. The summed E-state index contributed by atoms with van der Waals surface area (Å²) < 4.78 is 0. The van der Waals surface area contributed by atoms with Crippen molar-refractivity contribution < 1.29 is 24.3 Å². The van der Waals surface area contributed by atoms with Gasteiger partial charge >= 0.3 is 6.09 Å². The maximum absolute atomic E-state index is 12.3. The summed E-state index contributed by atoms with van der Waals surface area (Å²) in [7, 11) is 0. The van der Waals surface area contributed by atoms with Crippen molar-refractivity contribution in [1.29, 1.82) is 0 Å². The first-order valence-electron chi connectivity index (χ1n) is 7.97. The number of hydrogen-bond acceptors (Lipinski definition) is 4. The Balaban J connectivity index is 4.54. The number of unbranched alkanes of at least 4 members (excludes halogenated alkanes) is 1. The molecule has 6 N–H and O–H groups in total. The van der Waals surface area contributed by atoms with Crippen molar-refractivity contribution in [2.45, 2.75) is 58.5 Å². The fraction of sp³-hybridized carbons (Fsp3) is 0.733. The highest BCUT2D eigenvalue weighted by Gasteiger charge is 2.25. The van der Waals surface area contributed by atoms with E-state index in [1.807, 2.05) is 13.8 Å². The second-order valence-corrected chi connectivity index (χ2v) is 6.07. The number of rotatable bonds is 11. The molecule has 24 heavy (non-hydrogen) atoms. The molecule has 0 saturated heterocycles. The number of carboxylic acid groups (broad SMARTS) is 1. The van der Waals surface area contributed by atoms with Gasteiger partial charge in [0.2, 0.25) is 17.7 Å². The number of nitrogens with one attached hydrogen (secondary N) is 3. The summed E-state index contributed by atoms with van der Waals surface area (Å²) in [5, 5.41) is 15.8. The molecule has 0 radical (unpaired) electrons. The van der Waals surface area contributed by atoms with Gasteiger partial charge in [0.15, 0.2) is 0 Å². The molecular formula is C15H28N4O5. The average molecular weight is 344 g/mol. The summed E-state index contributed by atoms with van der Waals surface area (Å²) in [4.78, 5) is 45.3. The minimum absolute atomic E-state index is 0.182. The van der Waals surface area contributed by atoms with Crippen molar-refractivity contribution in [3.63, 3.8) is 0 Å². The zero-order valence-electron chi connectivity index (χ0n) is 14.4. The Morgan fingerprint density at radius 3 is 2.12 bits per heavy atom. The summed E-state index contributed by atoms with van der Waals surface area (Å²) in [5.74, 6) is -1.26. The number of carbonyl (C=O) groups is 4. The molecule has 9 nitrogen and oxygen atoms in total. The molecule has 0 aromatic rings. The highest BCUT2D eigenvalue weighted by molar-refractivity contribution is 5.91. The molecule has 0 rings (SSSR count). The minimum atomic E-state index is -1.11. The van der Waals surface area contributed by atoms with Crippen LogP contribution in [-0.2, 0) is 14.4 Å². The lowest BCUT2D eigenvalue weighted by atomic mass is 10.0. The number of primary amides is 1. The van der Waals surface area contributed by atoms with Crippen molar-refractivity contribution in [3.05, 3.63) is 0 Å². The molecule has 2 atom stereocenters. The van der Waals surface area contributed by atoms with E-state index in [1.54, 1.807) is 0 Å². The van der Waals surface area contributed by atoms with Crippen LogP contribution in [0.2, 0.25) is 0 Å². The molecular weight excluding hydrogens is 316 g/mol. The molecule has 0 spiro atoms. The van der Waals surface area contributed by atoms with Gasteiger partial charge in [0.05, 0.1) is 0 Å². The minimum Gasteiger partial charge on any atom is -0.465 e. The van der Waals surface area contributed by atoms with Crippen LogP contribution in [0.4, 0.5) is 4.79 Å². The Hall–Kier alpha value is -2.32. The Morgan fingerprint density at radius 2 is 1.67 bits per heavy atom. The van der Waals surface area contributed by atoms with Gasteiger partial charge in [-0.25, -0.2) is 4.79 Å². The molecule has 0 unspecified atom stereocenters. The Kier molecular flexibility index (Phi) is 10.2. The van der Waals surface area contributed by atoms with Gasteiger partial charge in [-0.2, -0.15) is 0 Å². The molecule has 0 aliphatic rings. The van der Waals surface area contributed by atoms with Crippen LogP contribution in [0.1, 0.15) is 46.5 Å². The van der Waals surface area contributed by atoms with E-state index in [-0.39, 0.29) is 18.4 Å². The first-order valence-corrected chi connectivity index (χ1v) is 7.97. The van der Waals surface area contributed by atoms with Gasteiger partial charge in [0.25, 0.3) is 0 Å². The lowest BCUT2D eigenvalue weighted by Crippen LogP contribution is -2.53. The second-order valence-electron chi connectivity index (χ2n) is 6.07. The molecule has 9 heteroatoms. The van der Waals surface area contributed by atoms with E-state index >= 15 is 0 Å². The first-order chi connectivity index (χ1) is 11.1. The number of hydrogen-bond donors (Lipinski definition) is 5. The number of amides is 4. The van der Waals surface area contributed by atoms with Gasteiger partial charge in [-0.05, 0) is 31.6 Å². The molecule has 0 aliphatic heterocycles. The van der Waals surface area contributed by atoms with E-state index in [0.29, 0.717) is 25.7 Å². The Bertz CT molecular complexity index is 453. The van der Waals surface area contributed by atoms with E-state index in [4.69, 9.17) is 10.8 Å². The van der Waals surface area contributed by atoms with Crippen LogP contribution in [0.3, 0.4) is 0 Å². The molecule has 0 heterocycles. The van der Waals surface area contributed by atoms with Crippen molar-refractivity contribution in [2.75, 3.05) is 6.54 Å². The number of nitrogens with two attached hydrogens (primary N) is 1. The molecule has 0 aliphatic carbocycles. The highest BCUT2D eigenvalue weighted by atomic mass is 16.4. The van der Waals surface area contributed by atoms with Crippen molar-refractivity contribution in [1.82, 2.24) is 16.0 Å². The third-order valence-corrected chi connectivity index (χ3v) is 3.26. The third-order valence-electron chi connectivity index (χ3n) is 3.26. The van der Waals surface area contributed by atoms with E-state index in [1.165, 1.54) is 6.92 Å². The standard InChI is InChI=1S/C15H28N4O5/c1-9(2)8-12(18-10(3)20)14(22)19-11(13(16)21)6-4-5-7-17-15(23)24/h9,11-12,17H,4-8H2,1-3H3,(H2,16,21)(H,18,20)(H,19,22)(H,23,24)/t11-,12-/m0/s1. The van der Waals surface area contributed by atoms with Gasteiger partial charge in [-0.3, -0.25) is 14.4 Å². The third kappa shape index (κ3) is 10.4. The summed E-state index contributed by atoms with van der Waals surface area (Å²) >= 11 is 0. The molecule has 0 bridgehead atoms. The summed E-state index contributed by atoms with van der Waals surface area (Å²) in [6.45, 7) is 5.42. The number of carbonyl (C=O) groups excluding carboxylic acids is 3. The fourth-order valence-corrected chi connectivity index (χ4v) is 2.17. The molecule has 0 fully saturated rings. The zero-order chi connectivity index (χ0) is 18.7. The highest BCUT2D eigenvalue weighted by Crippen LogP contribution is 2.07. The predicted octanol–water partition coefficient (Wildman–Crippen LogP) is -0.0548. The molecule has 0 saturated carbocycles. The van der Waals surface area contributed by atoms with Crippen molar-refractivity contribution >= 4 is 23.8 Å². The predicted molar refractivity (Wildman–Crippen MR) is 88.1 cm³/mol. The fourth-order valence-electron chi connectivity index (χ4n) is 2.17. The largest absolute Gasteiger partial charge is 0.465 e. The lowest BCUT2D eigenvalue weighted by molar-refractivity contribution is -0.131. The van der Waals surface area contributed by atoms with Crippen LogP contribution >= 0.6 is 0 Å². The molecule has 138 valence electrons. The van der Waals surface area contributed by atoms with Crippen LogP contribution in [-0.4, -0.2) is 47.5 Å². The van der Waals surface area contributed by atoms with Crippen LogP contribution in [0.15, 0.2) is 0 Å². The zero-order valence-corrected chi connectivity index (χ0v) is 14.4. The average Bonchev–Trinajstić information content (AvgIpc) is 2.43. The topological polar surface area (TPSA) is 151 Å². The van der Waals surface area contributed by atoms with Gasteiger partial charge in [-0.1, -0.05) is 13.8 Å². The van der Waals surface area contributed by atoms with Gasteiger partial charge < -0.3 is 26.8 Å². The maximum atomic E-state index is 12.3. The van der Waals surface area contributed by atoms with Gasteiger partial charge in [0, 0.05) is 13.5 Å². The SMILES string of the molecule is CC(=O)N[C@@H](CC(C)C)C(=O)N[C@@H](CCCCNC(=O)O)C(N)=O. The molecule has 0 aromatic heterocycles. The van der Waals surface area contributed by atoms with E-state index < -0.39 is 30.0 Å². The van der Waals surface area contributed by atoms with E-state index in [0.717, 1.165) is 0 Å². The van der Waals surface area contributed by atoms with Gasteiger partial charge in [-0.15, -0.1) is 0 Å². The molecule has 0 aromatic carbocycles. The monoisotopic (exact) mass is 344 g/mol. The normalized spacial score (nSPS) is 13.0. The maximum Gasteiger partial charge on any atom is 0.404 e. The van der Waals surface area contributed by atoms with Crippen molar-refractivity contribution in [2.24, 2.45) is 11.7 Å². The quantitative estimate of drug-likeness (QED) is 0.333. The van der Waals surface area contributed by atoms with Crippen LogP contribution in [0.25, 0.3) is 0 Å². The smallest absolute Gasteiger partial charge is 0.404 e. The van der Waals surface area contributed by atoms with Gasteiger partial charge in [0.1, 0.15) is 12.1 Å². The van der Waals surface area contributed by atoms with E-state index in [2.05, 4.69) is 16.0 Å².